The largest absolute Gasteiger partial charge is 0.367 e. The summed E-state index contributed by atoms with van der Waals surface area (Å²) in [6, 6.07) is 10.6. The maximum atomic E-state index is 9.69. The third-order valence-corrected chi connectivity index (χ3v) is 5.77. The van der Waals surface area contributed by atoms with Gasteiger partial charge in [0.1, 0.15) is 5.54 Å². The molecular formula is C18H25BrN2. The van der Waals surface area contributed by atoms with Gasteiger partial charge >= 0.3 is 0 Å². The molecule has 1 aromatic carbocycles. The van der Waals surface area contributed by atoms with E-state index >= 15 is 0 Å². The van der Waals surface area contributed by atoms with E-state index in [0.29, 0.717) is 5.41 Å². The lowest BCUT2D eigenvalue weighted by atomic mass is 9.66. The minimum atomic E-state index is -0.402. The Bertz CT molecular complexity index is 522. The maximum Gasteiger partial charge on any atom is 0.125 e. The van der Waals surface area contributed by atoms with Gasteiger partial charge in [-0.05, 0) is 55.2 Å². The molecule has 2 nitrogen and oxygen atoms in total. The summed E-state index contributed by atoms with van der Waals surface area (Å²) < 4.78 is 1.04. The molecule has 0 bridgehead atoms. The molecule has 1 fully saturated rings. The molecule has 0 heterocycles. The first-order chi connectivity index (χ1) is 9.91. The van der Waals surface area contributed by atoms with Crippen LogP contribution >= 0.6 is 15.9 Å². The molecule has 0 radical (unpaired) electrons. The Labute approximate surface area is 137 Å². The highest BCUT2D eigenvalue weighted by molar-refractivity contribution is 9.10. The lowest BCUT2D eigenvalue weighted by molar-refractivity contribution is 0.135. The van der Waals surface area contributed by atoms with E-state index in [4.69, 9.17) is 0 Å². The number of halogens is 1. The van der Waals surface area contributed by atoms with E-state index in [1.807, 2.05) is 24.3 Å². The number of rotatable bonds is 4. The average molecular weight is 349 g/mol. The van der Waals surface area contributed by atoms with Crippen LogP contribution in [0.5, 0.6) is 0 Å². The standard InChI is InChI=1S/C18H25BrN2/c1-4-17(2,3)14-8-10-18(13-20,11-9-14)21-16-7-5-6-15(19)12-16/h5-7,12,14,21H,4,8-11H2,1-3H3. The van der Waals surface area contributed by atoms with Crippen LogP contribution in [0.1, 0.15) is 52.9 Å². The number of anilines is 1. The molecule has 1 aliphatic rings. The van der Waals surface area contributed by atoms with Crippen molar-refractivity contribution in [2.75, 3.05) is 5.32 Å². The van der Waals surface area contributed by atoms with E-state index in [2.05, 4.69) is 48.1 Å². The number of hydrogen-bond acceptors (Lipinski definition) is 2. The van der Waals surface area contributed by atoms with Crippen LogP contribution in [-0.4, -0.2) is 5.54 Å². The Morgan fingerprint density at radius 1 is 1.38 bits per heavy atom. The zero-order valence-electron chi connectivity index (χ0n) is 13.2. The highest BCUT2D eigenvalue weighted by Crippen LogP contribution is 2.44. The minimum absolute atomic E-state index is 0.386. The lowest BCUT2D eigenvalue weighted by Crippen LogP contribution is -2.43. The van der Waals surface area contributed by atoms with Gasteiger partial charge in [0, 0.05) is 10.2 Å². The first kappa shape index (κ1) is 16.4. The minimum Gasteiger partial charge on any atom is -0.367 e. The van der Waals surface area contributed by atoms with Crippen molar-refractivity contribution in [3.63, 3.8) is 0 Å². The second-order valence-corrected chi connectivity index (χ2v) is 7.86. The molecular weight excluding hydrogens is 324 g/mol. The van der Waals surface area contributed by atoms with E-state index in [0.717, 1.165) is 41.8 Å². The number of hydrogen-bond donors (Lipinski definition) is 1. The molecule has 1 saturated carbocycles. The molecule has 0 unspecified atom stereocenters. The second-order valence-electron chi connectivity index (χ2n) is 6.95. The molecule has 0 saturated heterocycles. The number of nitrogens with one attached hydrogen (secondary N) is 1. The first-order valence-electron chi connectivity index (χ1n) is 7.86. The van der Waals surface area contributed by atoms with E-state index in [-0.39, 0.29) is 0 Å². The molecule has 0 atom stereocenters. The van der Waals surface area contributed by atoms with Crippen LogP contribution in [0.15, 0.2) is 28.7 Å². The summed E-state index contributed by atoms with van der Waals surface area (Å²) >= 11 is 3.49. The van der Waals surface area contributed by atoms with Gasteiger partial charge in [0.25, 0.3) is 0 Å². The van der Waals surface area contributed by atoms with Crippen molar-refractivity contribution in [3.05, 3.63) is 28.7 Å². The molecule has 21 heavy (non-hydrogen) atoms. The molecule has 0 aromatic heterocycles. The summed E-state index contributed by atoms with van der Waals surface area (Å²) in [6.07, 6.45) is 5.34. The van der Waals surface area contributed by atoms with Gasteiger partial charge < -0.3 is 5.32 Å². The van der Waals surface area contributed by atoms with Crippen LogP contribution in [0.25, 0.3) is 0 Å². The van der Waals surface area contributed by atoms with Crippen molar-refractivity contribution in [3.8, 4) is 6.07 Å². The quantitative estimate of drug-likeness (QED) is 0.751. The summed E-state index contributed by atoms with van der Waals surface area (Å²) in [4.78, 5) is 0. The zero-order valence-corrected chi connectivity index (χ0v) is 14.8. The monoisotopic (exact) mass is 348 g/mol. The van der Waals surface area contributed by atoms with Crippen molar-refractivity contribution < 1.29 is 0 Å². The van der Waals surface area contributed by atoms with Crippen LogP contribution in [0.3, 0.4) is 0 Å². The van der Waals surface area contributed by atoms with Gasteiger partial charge in [-0.3, -0.25) is 0 Å². The van der Waals surface area contributed by atoms with Crippen molar-refractivity contribution in [2.24, 2.45) is 11.3 Å². The van der Waals surface area contributed by atoms with Crippen molar-refractivity contribution in [1.82, 2.24) is 0 Å². The zero-order chi connectivity index (χ0) is 15.5. The fourth-order valence-electron chi connectivity index (χ4n) is 3.29. The maximum absolute atomic E-state index is 9.69. The van der Waals surface area contributed by atoms with Gasteiger partial charge in [-0.1, -0.05) is 49.2 Å². The lowest BCUT2D eigenvalue weighted by Gasteiger charge is -2.42. The molecule has 1 N–H and O–H groups in total. The van der Waals surface area contributed by atoms with Crippen LogP contribution < -0.4 is 5.32 Å². The normalized spacial score (nSPS) is 26.1. The van der Waals surface area contributed by atoms with Crippen LogP contribution in [0.4, 0.5) is 5.69 Å². The number of nitriles is 1. The van der Waals surface area contributed by atoms with Crippen molar-refractivity contribution in [2.45, 2.75) is 58.4 Å². The average Bonchev–Trinajstić information content (AvgIpc) is 2.48. The molecule has 0 spiro atoms. The first-order valence-corrected chi connectivity index (χ1v) is 8.65. The second kappa shape index (κ2) is 6.40. The molecule has 1 aromatic rings. The highest BCUT2D eigenvalue weighted by Gasteiger charge is 2.39. The van der Waals surface area contributed by atoms with Crippen LogP contribution in [0.2, 0.25) is 0 Å². The number of benzene rings is 1. The van der Waals surface area contributed by atoms with Gasteiger partial charge in [-0.2, -0.15) is 5.26 Å². The predicted molar refractivity (Wildman–Crippen MR) is 92.1 cm³/mol. The van der Waals surface area contributed by atoms with Gasteiger partial charge in [-0.25, -0.2) is 0 Å². The fourth-order valence-corrected chi connectivity index (χ4v) is 3.69. The Morgan fingerprint density at radius 3 is 2.57 bits per heavy atom. The van der Waals surface area contributed by atoms with E-state index in [1.54, 1.807) is 0 Å². The summed E-state index contributed by atoms with van der Waals surface area (Å²) in [5, 5.41) is 13.2. The predicted octanol–water partition coefficient (Wildman–Crippen LogP) is 5.75. The summed E-state index contributed by atoms with van der Waals surface area (Å²) in [5.41, 5.74) is 1.01. The van der Waals surface area contributed by atoms with Gasteiger partial charge in [0.2, 0.25) is 0 Å². The third-order valence-electron chi connectivity index (χ3n) is 5.28. The van der Waals surface area contributed by atoms with Crippen LogP contribution in [0, 0.1) is 22.7 Å². The third kappa shape index (κ3) is 3.80. The van der Waals surface area contributed by atoms with E-state index < -0.39 is 5.54 Å². The molecule has 0 amide bonds. The summed E-state index contributed by atoms with van der Waals surface area (Å²) in [7, 11) is 0. The molecule has 0 aliphatic heterocycles. The summed E-state index contributed by atoms with van der Waals surface area (Å²) in [5.74, 6) is 0.730. The molecule has 114 valence electrons. The number of nitrogens with zero attached hydrogens (tertiary/aromatic N) is 1. The van der Waals surface area contributed by atoms with Crippen LogP contribution in [-0.2, 0) is 0 Å². The topological polar surface area (TPSA) is 35.8 Å². The van der Waals surface area contributed by atoms with Gasteiger partial charge in [-0.15, -0.1) is 0 Å². The molecule has 1 aliphatic carbocycles. The van der Waals surface area contributed by atoms with E-state index in [1.165, 1.54) is 6.42 Å². The van der Waals surface area contributed by atoms with Crippen molar-refractivity contribution in [1.29, 1.82) is 5.26 Å². The Kier molecular flexibility index (Phi) is 4.99. The highest BCUT2D eigenvalue weighted by atomic mass is 79.9. The Balaban J connectivity index is 2.07. The Hall–Kier alpha value is -1.01. The summed E-state index contributed by atoms with van der Waals surface area (Å²) in [6.45, 7) is 6.99. The fraction of sp³-hybridized carbons (Fsp3) is 0.611. The smallest absolute Gasteiger partial charge is 0.125 e. The molecule has 3 heteroatoms. The van der Waals surface area contributed by atoms with E-state index in [9.17, 15) is 5.26 Å². The van der Waals surface area contributed by atoms with Gasteiger partial charge in [0.15, 0.2) is 0 Å². The Morgan fingerprint density at radius 2 is 2.05 bits per heavy atom. The SMILES string of the molecule is CCC(C)(C)C1CCC(C#N)(Nc2cccc(Br)c2)CC1. The van der Waals surface area contributed by atoms with Crippen molar-refractivity contribution >= 4 is 21.6 Å². The van der Waals surface area contributed by atoms with Gasteiger partial charge in [0.05, 0.1) is 6.07 Å². The molecule has 2 rings (SSSR count).